The predicted molar refractivity (Wildman–Crippen MR) is 76.3 cm³/mol. The maximum absolute atomic E-state index is 2.30. The molecule has 0 N–H and O–H groups in total. The van der Waals surface area contributed by atoms with Gasteiger partial charge in [0, 0.05) is 0 Å². The second-order valence-corrected chi connectivity index (χ2v) is 5.27. The largest absolute Gasteiger partial charge is 0.0620 e. The van der Waals surface area contributed by atoms with E-state index in [-0.39, 0.29) is 0 Å². The fraction of sp³-hybridized carbons (Fsp3) is 0.222. The minimum atomic E-state index is 1.20. The number of aryl methyl sites for hydroxylation is 2. The van der Waals surface area contributed by atoms with Crippen LogP contribution in [-0.4, -0.2) is 0 Å². The van der Waals surface area contributed by atoms with Crippen LogP contribution in [0.5, 0.6) is 0 Å². The van der Waals surface area contributed by atoms with Crippen LogP contribution >= 0.6 is 0 Å². The molecule has 2 aromatic rings. The first-order chi connectivity index (χ1) is 8.93. The predicted octanol–water partition coefficient (Wildman–Crippen LogP) is 4.49. The lowest BCUT2D eigenvalue weighted by atomic mass is 9.76. The Hall–Kier alpha value is -1.82. The van der Waals surface area contributed by atoms with E-state index in [1.54, 1.807) is 11.1 Å². The van der Waals surface area contributed by atoms with Gasteiger partial charge in [-0.1, -0.05) is 48.5 Å². The lowest BCUT2D eigenvalue weighted by molar-refractivity contribution is 0.919. The molecule has 4 rings (SSSR count). The summed E-state index contributed by atoms with van der Waals surface area (Å²) in [5, 5.41) is 0. The summed E-state index contributed by atoms with van der Waals surface area (Å²) in [5.74, 6) is 0. The van der Waals surface area contributed by atoms with Crippen molar-refractivity contribution in [1.29, 1.82) is 0 Å². The first kappa shape index (κ1) is 10.1. The van der Waals surface area contributed by atoms with E-state index in [1.807, 2.05) is 0 Å². The lowest BCUT2D eigenvalue weighted by Crippen LogP contribution is -2.11. The lowest BCUT2D eigenvalue weighted by Gasteiger charge is -2.29. The van der Waals surface area contributed by atoms with Gasteiger partial charge >= 0.3 is 0 Å². The molecule has 2 aromatic carbocycles. The van der Waals surface area contributed by atoms with Gasteiger partial charge in [0.2, 0.25) is 0 Å². The van der Waals surface area contributed by atoms with E-state index in [4.69, 9.17) is 0 Å². The number of rotatable bonds is 0. The van der Waals surface area contributed by atoms with Crippen molar-refractivity contribution in [3.8, 4) is 0 Å². The summed E-state index contributed by atoms with van der Waals surface area (Å²) in [5.41, 5.74) is 9.30. The van der Waals surface area contributed by atoms with Crippen molar-refractivity contribution >= 4 is 11.1 Å². The molecular weight excluding hydrogens is 216 g/mol. The van der Waals surface area contributed by atoms with Crippen molar-refractivity contribution in [3.63, 3.8) is 0 Å². The van der Waals surface area contributed by atoms with Gasteiger partial charge in [-0.3, -0.25) is 0 Å². The number of hydrogen-bond acceptors (Lipinski definition) is 0. The second kappa shape index (κ2) is 3.84. The van der Waals surface area contributed by atoms with Crippen molar-refractivity contribution in [2.75, 3.05) is 0 Å². The van der Waals surface area contributed by atoms with Gasteiger partial charge in [-0.25, -0.2) is 0 Å². The van der Waals surface area contributed by atoms with Crippen molar-refractivity contribution in [1.82, 2.24) is 0 Å². The van der Waals surface area contributed by atoms with Crippen LogP contribution in [0.25, 0.3) is 11.1 Å². The van der Waals surface area contributed by atoms with E-state index in [9.17, 15) is 0 Å². The Balaban J connectivity index is 1.96. The van der Waals surface area contributed by atoms with Crippen LogP contribution in [0.2, 0.25) is 0 Å². The minimum Gasteiger partial charge on any atom is -0.0620 e. The molecule has 0 heterocycles. The monoisotopic (exact) mass is 232 g/mol. The molecule has 0 atom stereocenters. The van der Waals surface area contributed by atoms with E-state index in [2.05, 4.69) is 48.5 Å². The molecule has 2 aliphatic rings. The normalized spacial score (nSPS) is 16.9. The van der Waals surface area contributed by atoms with Crippen LogP contribution in [0, 0.1) is 0 Å². The van der Waals surface area contributed by atoms with Gasteiger partial charge in [0.05, 0.1) is 0 Å². The van der Waals surface area contributed by atoms with Crippen LogP contribution < -0.4 is 0 Å². The highest BCUT2D eigenvalue weighted by molar-refractivity contribution is 5.95. The maximum Gasteiger partial charge on any atom is -0.0189 e. The SMILES string of the molecule is c1ccc2c(c1)CCC1=C2CCc2ccccc21. The molecule has 0 aliphatic heterocycles. The number of hydrogen-bond donors (Lipinski definition) is 0. The first-order valence-electron chi connectivity index (χ1n) is 6.82. The van der Waals surface area contributed by atoms with Crippen LogP contribution in [-0.2, 0) is 12.8 Å². The molecule has 0 fully saturated rings. The minimum absolute atomic E-state index is 1.20. The zero-order valence-electron chi connectivity index (χ0n) is 10.4. The molecule has 0 aromatic heterocycles. The van der Waals surface area contributed by atoms with Crippen LogP contribution in [0.15, 0.2) is 48.5 Å². The molecule has 2 aliphatic carbocycles. The van der Waals surface area contributed by atoms with Gasteiger partial charge in [0.1, 0.15) is 0 Å². The van der Waals surface area contributed by atoms with E-state index >= 15 is 0 Å². The third-order valence-corrected chi connectivity index (χ3v) is 4.34. The van der Waals surface area contributed by atoms with Gasteiger partial charge in [0.25, 0.3) is 0 Å². The Bertz CT molecular complexity index is 589. The van der Waals surface area contributed by atoms with Crippen LogP contribution in [0.4, 0.5) is 0 Å². The van der Waals surface area contributed by atoms with Gasteiger partial charge < -0.3 is 0 Å². The number of allylic oxidation sites excluding steroid dienone is 2. The smallest absolute Gasteiger partial charge is 0.0189 e. The Morgan fingerprint density at radius 3 is 1.44 bits per heavy atom. The van der Waals surface area contributed by atoms with Crippen LogP contribution in [0.3, 0.4) is 0 Å². The van der Waals surface area contributed by atoms with Crippen LogP contribution in [0.1, 0.15) is 35.1 Å². The van der Waals surface area contributed by atoms with Crippen molar-refractivity contribution in [2.45, 2.75) is 25.7 Å². The summed E-state index contributed by atoms with van der Waals surface area (Å²) in [6.45, 7) is 0. The molecule has 0 saturated heterocycles. The van der Waals surface area contributed by atoms with E-state index < -0.39 is 0 Å². The molecule has 0 radical (unpaired) electrons. The standard InChI is InChI=1S/C18H16/c1-3-7-15-13(5-1)9-11-18-16-8-4-2-6-14(16)10-12-17(15)18/h1-8H,9-12H2. The summed E-state index contributed by atoms with van der Waals surface area (Å²) in [7, 11) is 0. The quantitative estimate of drug-likeness (QED) is 0.627. The topological polar surface area (TPSA) is 0 Å². The van der Waals surface area contributed by atoms with Gasteiger partial charge in [-0.15, -0.1) is 0 Å². The highest BCUT2D eigenvalue weighted by Gasteiger charge is 2.24. The number of benzene rings is 2. The average molecular weight is 232 g/mol. The summed E-state index contributed by atoms with van der Waals surface area (Å²) in [6, 6.07) is 17.9. The highest BCUT2D eigenvalue weighted by atomic mass is 14.3. The highest BCUT2D eigenvalue weighted by Crippen LogP contribution is 2.43. The third kappa shape index (κ3) is 1.38. The molecule has 0 amide bonds. The Morgan fingerprint density at radius 1 is 0.500 bits per heavy atom. The van der Waals surface area contributed by atoms with E-state index in [0.29, 0.717) is 0 Å². The zero-order chi connectivity index (χ0) is 11.9. The van der Waals surface area contributed by atoms with E-state index in [1.165, 1.54) is 47.9 Å². The summed E-state index contributed by atoms with van der Waals surface area (Å²) in [6.07, 6.45) is 4.82. The average Bonchev–Trinajstić information content (AvgIpc) is 2.46. The molecule has 0 saturated carbocycles. The maximum atomic E-state index is 2.30. The molecule has 0 nitrogen and oxygen atoms in total. The molecule has 0 bridgehead atoms. The molecule has 88 valence electrons. The van der Waals surface area contributed by atoms with Gasteiger partial charge in [0.15, 0.2) is 0 Å². The molecule has 0 unspecified atom stereocenters. The fourth-order valence-corrected chi connectivity index (χ4v) is 3.48. The van der Waals surface area contributed by atoms with E-state index in [0.717, 1.165) is 0 Å². The Morgan fingerprint density at radius 2 is 0.944 bits per heavy atom. The second-order valence-electron chi connectivity index (χ2n) is 5.27. The van der Waals surface area contributed by atoms with Crippen molar-refractivity contribution in [2.24, 2.45) is 0 Å². The summed E-state index contributed by atoms with van der Waals surface area (Å²) in [4.78, 5) is 0. The fourth-order valence-electron chi connectivity index (χ4n) is 3.48. The Labute approximate surface area is 108 Å². The summed E-state index contributed by atoms with van der Waals surface area (Å²) >= 11 is 0. The summed E-state index contributed by atoms with van der Waals surface area (Å²) < 4.78 is 0. The third-order valence-electron chi connectivity index (χ3n) is 4.34. The molecule has 0 spiro atoms. The van der Waals surface area contributed by atoms with Gasteiger partial charge in [-0.2, -0.15) is 0 Å². The van der Waals surface area contributed by atoms with Gasteiger partial charge in [-0.05, 0) is 59.1 Å². The molecular formula is C18H16. The molecule has 0 heteroatoms. The van der Waals surface area contributed by atoms with Crippen molar-refractivity contribution < 1.29 is 0 Å². The zero-order valence-corrected chi connectivity index (χ0v) is 10.4. The van der Waals surface area contributed by atoms with Crippen molar-refractivity contribution in [3.05, 3.63) is 70.8 Å². The first-order valence-corrected chi connectivity index (χ1v) is 6.82. The molecule has 18 heavy (non-hydrogen) atoms. The Kier molecular flexibility index (Phi) is 2.16. The number of fused-ring (bicyclic) bond motifs is 4.